The lowest BCUT2D eigenvalue weighted by Gasteiger charge is -2.25. The highest BCUT2D eigenvalue weighted by Crippen LogP contribution is 2.34. The second kappa shape index (κ2) is 18.7. The number of rotatable bonds is 21. The van der Waals surface area contributed by atoms with Crippen LogP contribution in [0.2, 0.25) is 0 Å². The highest BCUT2D eigenvalue weighted by atomic mass is 16.4. The van der Waals surface area contributed by atoms with Crippen molar-refractivity contribution in [1.82, 2.24) is 9.97 Å². The summed E-state index contributed by atoms with van der Waals surface area (Å²) in [7, 11) is 0. The zero-order chi connectivity index (χ0) is 30.9. The minimum Gasteiger partial charge on any atom is -0.478 e. The zero-order valence-corrected chi connectivity index (χ0v) is 26.1. The van der Waals surface area contributed by atoms with Gasteiger partial charge < -0.3 is 10.2 Å². The first-order valence-electron chi connectivity index (χ1n) is 16.2. The van der Waals surface area contributed by atoms with E-state index in [9.17, 15) is 19.8 Å². The van der Waals surface area contributed by atoms with Gasteiger partial charge in [0.2, 0.25) is 0 Å². The van der Waals surface area contributed by atoms with Crippen LogP contribution in [0.1, 0.15) is 136 Å². The molecule has 0 saturated carbocycles. The van der Waals surface area contributed by atoms with Gasteiger partial charge in [0.05, 0.1) is 16.8 Å². The van der Waals surface area contributed by atoms with E-state index in [4.69, 9.17) is 0 Å². The molecule has 1 aromatic carbocycles. The van der Waals surface area contributed by atoms with Crippen molar-refractivity contribution in [2.75, 3.05) is 4.90 Å². The highest BCUT2D eigenvalue weighted by molar-refractivity contribution is 5.96. The Morgan fingerprint density at radius 1 is 0.581 bits per heavy atom. The largest absolute Gasteiger partial charge is 0.478 e. The number of benzene rings is 1. The van der Waals surface area contributed by atoms with Gasteiger partial charge in [0.15, 0.2) is 0 Å². The molecule has 0 unspecified atom stereocenters. The highest BCUT2D eigenvalue weighted by Gasteiger charge is 2.20. The number of unbranched alkanes of at least 4 members (excludes halogenated alkanes) is 12. The lowest BCUT2D eigenvalue weighted by molar-refractivity contribution is 0.0696. The van der Waals surface area contributed by atoms with Gasteiger partial charge in [-0.2, -0.15) is 0 Å². The van der Waals surface area contributed by atoms with E-state index in [1.165, 1.54) is 95.2 Å². The summed E-state index contributed by atoms with van der Waals surface area (Å²) in [5.74, 6) is -1.21. The van der Waals surface area contributed by atoms with Crippen molar-refractivity contribution in [3.8, 4) is 0 Å². The summed E-state index contributed by atoms with van der Waals surface area (Å²) >= 11 is 0. The van der Waals surface area contributed by atoms with Gasteiger partial charge in [0.1, 0.15) is 11.6 Å². The molecule has 43 heavy (non-hydrogen) atoms. The number of aryl methyl sites for hydroxylation is 2. The van der Waals surface area contributed by atoms with Crippen LogP contribution >= 0.6 is 0 Å². The van der Waals surface area contributed by atoms with Crippen molar-refractivity contribution in [2.45, 2.75) is 117 Å². The van der Waals surface area contributed by atoms with Crippen LogP contribution in [0.4, 0.5) is 17.3 Å². The van der Waals surface area contributed by atoms with Gasteiger partial charge in [-0.3, -0.25) is 4.90 Å². The number of carboxylic acid groups (broad SMARTS) is 2. The number of hydrogen-bond donors (Lipinski definition) is 2. The fraction of sp³-hybridized carbons (Fsp3) is 0.500. The molecule has 2 heterocycles. The third kappa shape index (κ3) is 11.5. The molecular formula is C36H49N3O4. The van der Waals surface area contributed by atoms with Crippen LogP contribution < -0.4 is 4.90 Å². The third-order valence-electron chi connectivity index (χ3n) is 7.89. The predicted molar refractivity (Wildman–Crippen MR) is 174 cm³/mol. The monoisotopic (exact) mass is 587 g/mol. The van der Waals surface area contributed by atoms with Crippen molar-refractivity contribution in [1.29, 1.82) is 0 Å². The molecule has 0 radical (unpaired) electrons. The van der Waals surface area contributed by atoms with E-state index in [1.807, 2.05) is 24.3 Å². The molecule has 0 fully saturated rings. The molecule has 3 rings (SSSR count). The molecule has 0 aliphatic heterocycles. The molecule has 2 N–H and O–H groups in total. The molecule has 7 heteroatoms. The van der Waals surface area contributed by atoms with Crippen LogP contribution in [0.3, 0.4) is 0 Å². The fourth-order valence-corrected chi connectivity index (χ4v) is 5.42. The summed E-state index contributed by atoms with van der Waals surface area (Å²) in [5, 5.41) is 19.5. The lowest BCUT2D eigenvalue weighted by Crippen LogP contribution is -2.15. The SMILES string of the molecule is CCCCCCCCCc1ccnc(N(c2cc(C(=O)O)cc(C(=O)O)c2)c2cc(CCCCCCCCC)ccn2)c1. The topological polar surface area (TPSA) is 104 Å². The average molecular weight is 588 g/mol. The van der Waals surface area contributed by atoms with Crippen molar-refractivity contribution < 1.29 is 19.8 Å². The Morgan fingerprint density at radius 3 is 1.37 bits per heavy atom. The maximum absolute atomic E-state index is 11.9. The van der Waals surface area contributed by atoms with E-state index in [-0.39, 0.29) is 11.1 Å². The summed E-state index contributed by atoms with van der Waals surface area (Å²) in [4.78, 5) is 35.0. The molecule has 0 bridgehead atoms. The molecule has 0 amide bonds. The molecule has 7 nitrogen and oxygen atoms in total. The Kier molecular flexibility index (Phi) is 14.7. The lowest BCUT2D eigenvalue weighted by atomic mass is 10.0. The van der Waals surface area contributed by atoms with Gasteiger partial charge in [-0.25, -0.2) is 19.6 Å². The molecule has 0 spiro atoms. The van der Waals surface area contributed by atoms with Gasteiger partial charge in [-0.05, 0) is 79.3 Å². The molecule has 3 aromatic rings. The summed E-state index contributed by atoms with van der Waals surface area (Å²) < 4.78 is 0. The number of aromatic nitrogens is 2. The number of aromatic carboxylic acids is 2. The van der Waals surface area contributed by atoms with E-state index in [0.717, 1.165) is 36.8 Å². The van der Waals surface area contributed by atoms with Crippen molar-refractivity contribution in [3.63, 3.8) is 0 Å². The van der Waals surface area contributed by atoms with E-state index in [1.54, 1.807) is 17.3 Å². The smallest absolute Gasteiger partial charge is 0.335 e. The second-order valence-corrected chi connectivity index (χ2v) is 11.5. The fourth-order valence-electron chi connectivity index (χ4n) is 5.42. The number of pyridine rings is 2. The quantitative estimate of drug-likeness (QED) is 0.120. The summed E-state index contributed by atoms with van der Waals surface area (Å²) in [6.07, 6.45) is 22.6. The molecule has 2 aromatic heterocycles. The van der Waals surface area contributed by atoms with Gasteiger partial charge in [-0.15, -0.1) is 0 Å². The molecule has 232 valence electrons. The Morgan fingerprint density at radius 2 is 0.977 bits per heavy atom. The van der Waals surface area contributed by atoms with E-state index in [0.29, 0.717) is 17.3 Å². The summed E-state index contributed by atoms with van der Waals surface area (Å²) in [6, 6.07) is 12.2. The first-order valence-corrected chi connectivity index (χ1v) is 16.2. The number of carbonyl (C=O) groups is 2. The van der Waals surface area contributed by atoms with Crippen molar-refractivity contribution in [2.24, 2.45) is 0 Å². The minimum absolute atomic E-state index is 0.0987. The number of hydrogen-bond acceptors (Lipinski definition) is 5. The van der Waals surface area contributed by atoms with Gasteiger partial charge in [0.25, 0.3) is 0 Å². The van der Waals surface area contributed by atoms with Gasteiger partial charge in [-0.1, -0.05) is 90.9 Å². The maximum atomic E-state index is 11.9. The summed E-state index contributed by atoms with van der Waals surface area (Å²) in [5.41, 5.74) is 2.47. The first kappa shape index (κ1) is 33.8. The molecule has 0 atom stereocenters. The standard InChI is InChI=1S/C36H49N3O4/c1-3-5-7-9-11-13-15-17-28-19-21-37-33(23-28)39(32-26-30(35(40)41)25-31(27-32)36(42)43)34-24-29(20-22-38-34)18-16-14-12-10-8-6-4-2/h19-27H,3-18H2,1-2H3,(H,40,41)(H,42,43). The normalized spacial score (nSPS) is 11.0. The van der Waals surface area contributed by atoms with Crippen LogP contribution in [-0.2, 0) is 12.8 Å². The second-order valence-electron chi connectivity index (χ2n) is 11.5. The van der Waals surface area contributed by atoms with Crippen molar-refractivity contribution in [3.05, 3.63) is 77.1 Å². The minimum atomic E-state index is -1.19. The molecule has 0 aliphatic carbocycles. The first-order chi connectivity index (χ1) is 20.9. The van der Waals surface area contributed by atoms with Gasteiger partial charge in [0, 0.05) is 12.4 Å². The van der Waals surface area contributed by atoms with Crippen LogP contribution in [0.25, 0.3) is 0 Å². The van der Waals surface area contributed by atoms with Crippen LogP contribution in [-0.4, -0.2) is 32.1 Å². The summed E-state index contributed by atoms with van der Waals surface area (Å²) in [6.45, 7) is 4.46. The van der Waals surface area contributed by atoms with Crippen molar-refractivity contribution >= 4 is 29.3 Å². The average Bonchev–Trinajstić information content (AvgIpc) is 3.00. The number of nitrogens with zero attached hydrogens (tertiary/aromatic N) is 3. The molecule has 0 saturated heterocycles. The zero-order valence-electron chi connectivity index (χ0n) is 26.1. The molecule has 0 aliphatic rings. The van der Waals surface area contributed by atoms with Crippen LogP contribution in [0, 0.1) is 0 Å². The third-order valence-corrected chi connectivity index (χ3v) is 7.89. The van der Waals surface area contributed by atoms with E-state index >= 15 is 0 Å². The van der Waals surface area contributed by atoms with E-state index < -0.39 is 11.9 Å². The Bertz CT molecular complexity index is 1200. The predicted octanol–water partition coefficient (Wildman–Crippen LogP) is 9.93. The Hall–Kier alpha value is -3.74. The maximum Gasteiger partial charge on any atom is 0.335 e. The van der Waals surface area contributed by atoms with Crippen LogP contribution in [0.5, 0.6) is 0 Å². The van der Waals surface area contributed by atoms with Gasteiger partial charge >= 0.3 is 11.9 Å². The number of anilines is 3. The van der Waals surface area contributed by atoms with Crippen LogP contribution in [0.15, 0.2) is 54.9 Å². The molecular weight excluding hydrogens is 538 g/mol. The Labute approximate surface area is 257 Å². The number of carboxylic acids is 2. The van der Waals surface area contributed by atoms with E-state index in [2.05, 4.69) is 23.8 Å². The Balaban J connectivity index is 1.87.